The van der Waals surface area contributed by atoms with Crippen LogP contribution in [0.3, 0.4) is 0 Å². The van der Waals surface area contributed by atoms with Crippen LogP contribution in [0, 0.1) is 0 Å². The fourth-order valence-electron chi connectivity index (χ4n) is 3.31. The molecular weight excluding hydrogens is 322 g/mol. The first kappa shape index (κ1) is 15.5. The summed E-state index contributed by atoms with van der Waals surface area (Å²) in [6.07, 6.45) is 10.7. The van der Waals surface area contributed by atoms with Crippen LogP contribution in [0.5, 0.6) is 0 Å². The number of H-pyrrole nitrogens is 1. The van der Waals surface area contributed by atoms with Crippen LogP contribution in [-0.4, -0.2) is 63.6 Å². The number of nitrogens with one attached hydrogen (secondary N) is 1. The summed E-state index contributed by atoms with van der Waals surface area (Å²) >= 11 is 0. The normalized spacial score (nSPS) is 17.8. The molecule has 130 valence electrons. The van der Waals surface area contributed by atoms with Crippen LogP contribution < -0.4 is 0 Å². The van der Waals surface area contributed by atoms with E-state index in [4.69, 9.17) is 0 Å². The molecule has 0 aromatic carbocycles. The second-order valence-electron chi connectivity index (χ2n) is 6.09. The van der Waals surface area contributed by atoms with Crippen molar-refractivity contribution in [2.75, 3.05) is 6.54 Å². The van der Waals surface area contributed by atoms with Crippen LogP contribution in [0.25, 0.3) is 5.82 Å². The third-order valence-electron chi connectivity index (χ3n) is 4.57. The first-order chi connectivity index (χ1) is 12.3. The largest absolute Gasteiger partial charge is 0.335 e. The highest BCUT2D eigenvalue weighted by molar-refractivity contribution is 5.97. The molecule has 10 nitrogen and oxygen atoms in total. The lowest BCUT2D eigenvalue weighted by molar-refractivity contribution is 0.0594. The molecule has 1 fully saturated rings. The molecule has 0 saturated carbocycles. The Bertz CT molecular complexity index is 808. The predicted octanol–water partition coefficient (Wildman–Crippen LogP) is 0.667. The molecular formula is C15H19N9O. The van der Waals surface area contributed by atoms with E-state index in [0.717, 1.165) is 38.8 Å². The smallest absolute Gasteiger partial charge is 0.259 e. The highest BCUT2D eigenvalue weighted by Crippen LogP contribution is 2.24. The molecule has 1 N–H and O–H groups in total. The molecule has 1 amide bonds. The average molecular weight is 341 g/mol. The van der Waals surface area contributed by atoms with E-state index in [1.807, 2.05) is 21.8 Å². The standard InChI is InChI=1S/C15H19N9O/c25-15(13-10-16-19-14(13)24-11-17-20-21-24)23-8-2-1-4-12(23)5-9-22-7-3-6-18-22/h3,6-7,10-12H,1-2,4-5,8-9H2,(H,16,19)/t12-/m1/s1. The van der Waals surface area contributed by atoms with Crippen LogP contribution in [0.2, 0.25) is 0 Å². The fraction of sp³-hybridized carbons (Fsp3) is 0.467. The lowest BCUT2D eigenvalue weighted by atomic mass is 9.98. The van der Waals surface area contributed by atoms with E-state index in [1.165, 1.54) is 11.0 Å². The summed E-state index contributed by atoms with van der Waals surface area (Å²) in [6.45, 7) is 1.55. The summed E-state index contributed by atoms with van der Waals surface area (Å²) in [5, 5.41) is 22.1. The van der Waals surface area contributed by atoms with Gasteiger partial charge in [0.2, 0.25) is 0 Å². The average Bonchev–Trinajstić information content (AvgIpc) is 3.41. The van der Waals surface area contributed by atoms with E-state index < -0.39 is 0 Å². The molecule has 4 heterocycles. The van der Waals surface area contributed by atoms with Crippen molar-refractivity contribution in [3.63, 3.8) is 0 Å². The Labute approximate surface area is 143 Å². The van der Waals surface area contributed by atoms with E-state index in [1.54, 1.807) is 12.4 Å². The number of tetrazole rings is 1. The van der Waals surface area contributed by atoms with Gasteiger partial charge < -0.3 is 4.90 Å². The SMILES string of the molecule is O=C(c1cn[nH]c1-n1cnnn1)N1CCCC[C@@H]1CCn1cccn1. The zero-order valence-corrected chi connectivity index (χ0v) is 13.7. The quantitative estimate of drug-likeness (QED) is 0.730. The van der Waals surface area contributed by atoms with Gasteiger partial charge in [0.1, 0.15) is 11.9 Å². The third kappa shape index (κ3) is 3.14. The topological polar surface area (TPSA) is 110 Å². The number of nitrogens with zero attached hydrogens (tertiary/aromatic N) is 8. The Morgan fingerprint density at radius 2 is 2.32 bits per heavy atom. The van der Waals surface area contributed by atoms with Crippen molar-refractivity contribution in [2.24, 2.45) is 0 Å². The summed E-state index contributed by atoms with van der Waals surface area (Å²) in [6, 6.07) is 2.11. The zero-order chi connectivity index (χ0) is 17.1. The maximum absolute atomic E-state index is 13.1. The number of hydrogen-bond donors (Lipinski definition) is 1. The van der Waals surface area contributed by atoms with E-state index in [-0.39, 0.29) is 11.9 Å². The van der Waals surface area contributed by atoms with Crippen molar-refractivity contribution >= 4 is 5.91 Å². The Morgan fingerprint density at radius 3 is 3.12 bits per heavy atom. The summed E-state index contributed by atoms with van der Waals surface area (Å²) in [4.78, 5) is 15.1. The maximum atomic E-state index is 13.1. The van der Waals surface area contributed by atoms with Gasteiger partial charge in [-0.25, -0.2) is 0 Å². The number of carbonyl (C=O) groups excluding carboxylic acids is 1. The number of carbonyl (C=O) groups is 1. The van der Waals surface area contributed by atoms with Crippen LogP contribution in [0.1, 0.15) is 36.0 Å². The first-order valence-electron chi connectivity index (χ1n) is 8.38. The first-order valence-corrected chi connectivity index (χ1v) is 8.38. The predicted molar refractivity (Wildman–Crippen MR) is 86.8 cm³/mol. The van der Waals surface area contributed by atoms with Crippen molar-refractivity contribution in [1.82, 2.24) is 45.1 Å². The van der Waals surface area contributed by atoms with E-state index in [9.17, 15) is 4.79 Å². The Balaban J connectivity index is 1.52. The second kappa shape index (κ2) is 6.83. The van der Waals surface area contributed by atoms with Gasteiger partial charge in [0, 0.05) is 31.5 Å². The Kier molecular flexibility index (Phi) is 4.23. The van der Waals surface area contributed by atoms with Crippen molar-refractivity contribution in [1.29, 1.82) is 0 Å². The van der Waals surface area contributed by atoms with Crippen molar-refractivity contribution in [2.45, 2.75) is 38.3 Å². The van der Waals surface area contributed by atoms with E-state index in [2.05, 4.69) is 30.8 Å². The highest BCUT2D eigenvalue weighted by atomic mass is 16.2. The minimum atomic E-state index is -0.0376. The van der Waals surface area contributed by atoms with Gasteiger partial charge in [-0.1, -0.05) is 0 Å². The van der Waals surface area contributed by atoms with Crippen molar-refractivity contribution in [3.8, 4) is 5.82 Å². The zero-order valence-electron chi connectivity index (χ0n) is 13.7. The van der Waals surface area contributed by atoms with Crippen LogP contribution >= 0.6 is 0 Å². The van der Waals surface area contributed by atoms with Gasteiger partial charge >= 0.3 is 0 Å². The van der Waals surface area contributed by atoms with Crippen molar-refractivity contribution < 1.29 is 4.79 Å². The minimum absolute atomic E-state index is 0.0376. The third-order valence-corrected chi connectivity index (χ3v) is 4.57. The van der Waals surface area contributed by atoms with Gasteiger partial charge in [-0.15, -0.1) is 5.10 Å². The Hall–Kier alpha value is -3.04. The number of aryl methyl sites for hydroxylation is 1. The van der Waals surface area contributed by atoms with Gasteiger partial charge in [0.05, 0.1) is 6.20 Å². The second-order valence-corrected chi connectivity index (χ2v) is 6.09. The number of aromatic amines is 1. The van der Waals surface area contributed by atoms with Crippen molar-refractivity contribution in [3.05, 3.63) is 36.5 Å². The molecule has 3 aromatic rings. The number of hydrogen-bond acceptors (Lipinski definition) is 6. The monoisotopic (exact) mass is 341 g/mol. The molecule has 3 aromatic heterocycles. The summed E-state index contributed by atoms with van der Waals surface area (Å²) < 4.78 is 3.32. The fourth-order valence-corrected chi connectivity index (χ4v) is 3.31. The molecule has 0 spiro atoms. The molecule has 1 aliphatic rings. The number of piperidine rings is 1. The molecule has 4 rings (SSSR count). The highest BCUT2D eigenvalue weighted by Gasteiger charge is 2.30. The lowest BCUT2D eigenvalue weighted by Crippen LogP contribution is -2.44. The molecule has 1 atom stereocenters. The molecule has 10 heteroatoms. The van der Waals surface area contributed by atoms with Gasteiger partial charge in [-0.2, -0.15) is 14.9 Å². The van der Waals surface area contributed by atoms with Crippen LogP contribution in [0.15, 0.2) is 31.0 Å². The molecule has 0 bridgehead atoms. The number of amides is 1. The van der Waals surface area contributed by atoms with Gasteiger partial charge in [-0.05, 0) is 42.2 Å². The number of likely N-dealkylation sites (tertiary alicyclic amines) is 1. The maximum Gasteiger partial charge on any atom is 0.259 e. The lowest BCUT2D eigenvalue weighted by Gasteiger charge is -2.35. The van der Waals surface area contributed by atoms with E-state index >= 15 is 0 Å². The van der Waals surface area contributed by atoms with Crippen LogP contribution in [0.4, 0.5) is 0 Å². The molecule has 1 saturated heterocycles. The molecule has 0 radical (unpaired) electrons. The molecule has 0 aliphatic carbocycles. The Morgan fingerprint density at radius 1 is 1.36 bits per heavy atom. The number of aromatic nitrogens is 8. The minimum Gasteiger partial charge on any atom is -0.335 e. The summed E-state index contributed by atoms with van der Waals surface area (Å²) in [5.41, 5.74) is 0.485. The van der Waals surface area contributed by atoms with E-state index in [0.29, 0.717) is 11.4 Å². The van der Waals surface area contributed by atoms with Gasteiger partial charge in [0.15, 0.2) is 5.82 Å². The molecule has 25 heavy (non-hydrogen) atoms. The van der Waals surface area contributed by atoms with Crippen LogP contribution in [-0.2, 0) is 6.54 Å². The molecule has 1 aliphatic heterocycles. The molecule has 0 unspecified atom stereocenters. The summed E-state index contributed by atoms with van der Waals surface area (Å²) in [7, 11) is 0. The number of rotatable bonds is 5. The van der Waals surface area contributed by atoms with Gasteiger partial charge in [0.25, 0.3) is 5.91 Å². The van der Waals surface area contributed by atoms with Gasteiger partial charge in [-0.3, -0.25) is 14.6 Å². The summed E-state index contributed by atoms with van der Waals surface area (Å²) in [5.74, 6) is 0.454.